The van der Waals surface area contributed by atoms with Crippen LogP contribution in [0.2, 0.25) is 5.02 Å². The molecule has 29 heavy (non-hydrogen) atoms. The highest BCUT2D eigenvalue weighted by molar-refractivity contribution is 9.11. The second kappa shape index (κ2) is 9.26. The number of hydrazone groups is 1. The molecule has 1 N–H and O–H groups in total. The van der Waals surface area contributed by atoms with Crippen LogP contribution in [0.15, 0.2) is 74.7 Å². The van der Waals surface area contributed by atoms with Crippen LogP contribution in [0.3, 0.4) is 0 Å². The van der Waals surface area contributed by atoms with Crippen LogP contribution in [0.4, 0.5) is 5.13 Å². The molecule has 0 atom stereocenters. The molecule has 0 amide bonds. The number of halogens is 3. The van der Waals surface area contributed by atoms with E-state index in [0.717, 1.165) is 35.4 Å². The molecule has 0 fully saturated rings. The molecular weight excluding hydrogens is 538 g/mol. The lowest BCUT2D eigenvalue weighted by Gasteiger charge is -2.12. The van der Waals surface area contributed by atoms with Crippen molar-refractivity contribution in [1.29, 1.82) is 0 Å². The Labute approximate surface area is 193 Å². The molecule has 146 valence electrons. The molecule has 0 radical (unpaired) electrons. The van der Waals surface area contributed by atoms with Crippen molar-refractivity contribution in [3.63, 3.8) is 0 Å². The zero-order chi connectivity index (χ0) is 20.2. The molecule has 0 saturated heterocycles. The zero-order valence-electron chi connectivity index (χ0n) is 14.9. The van der Waals surface area contributed by atoms with Crippen molar-refractivity contribution in [3.8, 4) is 5.75 Å². The van der Waals surface area contributed by atoms with Gasteiger partial charge in [-0.2, -0.15) is 5.10 Å². The Morgan fingerprint density at radius 2 is 1.79 bits per heavy atom. The number of fused-ring (bicyclic) bond motifs is 1. The third kappa shape index (κ3) is 4.98. The molecule has 4 aromatic rings. The van der Waals surface area contributed by atoms with E-state index >= 15 is 0 Å². The number of hydrogen-bond donors (Lipinski definition) is 1. The number of nitrogens with one attached hydrogen (secondary N) is 1. The second-order valence-corrected chi connectivity index (χ2v) is 9.20. The van der Waals surface area contributed by atoms with Gasteiger partial charge < -0.3 is 4.74 Å². The topological polar surface area (TPSA) is 46.5 Å². The highest BCUT2D eigenvalue weighted by Gasteiger charge is 2.10. The number of thiazole rings is 1. The first-order valence-electron chi connectivity index (χ1n) is 8.60. The summed E-state index contributed by atoms with van der Waals surface area (Å²) in [5.41, 5.74) is 5.78. The maximum absolute atomic E-state index is 6.20. The molecule has 0 saturated carbocycles. The van der Waals surface area contributed by atoms with E-state index in [9.17, 15) is 0 Å². The summed E-state index contributed by atoms with van der Waals surface area (Å²) < 4.78 is 8.71. The minimum Gasteiger partial charge on any atom is -0.486 e. The van der Waals surface area contributed by atoms with Crippen LogP contribution in [0.25, 0.3) is 10.2 Å². The minimum absolute atomic E-state index is 0.378. The smallest absolute Gasteiger partial charge is 0.204 e. The van der Waals surface area contributed by atoms with Crippen LogP contribution in [-0.4, -0.2) is 11.2 Å². The Morgan fingerprint density at radius 3 is 2.55 bits per heavy atom. The van der Waals surface area contributed by atoms with Gasteiger partial charge in [-0.25, -0.2) is 4.98 Å². The average Bonchev–Trinajstić information content (AvgIpc) is 3.11. The Morgan fingerprint density at radius 1 is 1.07 bits per heavy atom. The fraction of sp³-hybridized carbons (Fsp3) is 0.0476. The summed E-state index contributed by atoms with van der Waals surface area (Å²) in [6, 6.07) is 19.5. The maximum Gasteiger partial charge on any atom is 0.204 e. The molecular formula is C21H14Br2ClN3OS. The van der Waals surface area contributed by atoms with Crippen LogP contribution < -0.4 is 10.2 Å². The van der Waals surface area contributed by atoms with Gasteiger partial charge in [-0.05, 0) is 67.8 Å². The molecule has 3 aromatic carbocycles. The molecule has 8 heteroatoms. The third-order valence-corrected chi connectivity index (χ3v) is 6.51. The Bertz CT molecular complexity index is 1140. The van der Waals surface area contributed by atoms with Gasteiger partial charge in [0.1, 0.15) is 12.4 Å². The number of rotatable bonds is 6. The molecule has 1 heterocycles. The van der Waals surface area contributed by atoms with Crippen LogP contribution in [0.5, 0.6) is 5.75 Å². The number of aromatic nitrogens is 1. The summed E-state index contributed by atoms with van der Waals surface area (Å²) in [6.45, 7) is 0.378. The normalized spacial score (nSPS) is 11.3. The quantitative estimate of drug-likeness (QED) is 0.199. The van der Waals surface area contributed by atoms with E-state index < -0.39 is 0 Å². The summed E-state index contributed by atoms with van der Waals surface area (Å²) in [6.07, 6.45) is 1.74. The monoisotopic (exact) mass is 549 g/mol. The number of hydrogen-bond acceptors (Lipinski definition) is 5. The van der Waals surface area contributed by atoms with Crippen molar-refractivity contribution < 1.29 is 4.74 Å². The first-order chi connectivity index (χ1) is 14.1. The van der Waals surface area contributed by atoms with Crippen molar-refractivity contribution in [2.45, 2.75) is 6.61 Å². The fourth-order valence-corrected chi connectivity index (χ4v) is 5.10. The van der Waals surface area contributed by atoms with Gasteiger partial charge in [0.15, 0.2) is 0 Å². The predicted molar refractivity (Wildman–Crippen MR) is 128 cm³/mol. The van der Waals surface area contributed by atoms with E-state index in [1.807, 2.05) is 60.7 Å². The Hall–Kier alpha value is -1.93. The molecule has 4 rings (SSSR count). The predicted octanol–water partition coefficient (Wildman–Crippen LogP) is 7.50. The van der Waals surface area contributed by atoms with Crippen molar-refractivity contribution in [3.05, 3.63) is 85.8 Å². The lowest BCUT2D eigenvalue weighted by molar-refractivity contribution is 0.302. The summed E-state index contributed by atoms with van der Waals surface area (Å²) >= 11 is 14.9. The number of ether oxygens (including phenoxy) is 1. The lowest BCUT2D eigenvalue weighted by Crippen LogP contribution is -1.98. The first-order valence-corrected chi connectivity index (χ1v) is 11.4. The zero-order valence-corrected chi connectivity index (χ0v) is 19.6. The Balaban J connectivity index is 1.44. The van der Waals surface area contributed by atoms with Gasteiger partial charge >= 0.3 is 0 Å². The van der Waals surface area contributed by atoms with Crippen molar-refractivity contribution in [2.75, 3.05) is 5.43 Å². The summed E-state index contributed by atoms with van der Waals surface area (Å²) in [5.74, 6) is 0.709. The van der Waals surface area contributed by atoms with Crippen molar-refractivity contribution in [2.24, 2.45) is 5.10 Å². The number of benzene rings is 3. The fourth-order valence-electron chi connectivity index (χ4n) is 2.64. The van der Waals surface area contributed by atoms with E-state index in [1.165, 1.54) is 0 Å². The van der Waals surface area contributed by atoms with Gasteiger partial charge in [0.2, 0.25) is 5.13 Å². The second-order valence-electron chi connectivity index (χ2n) is 6.05. The Kier molecular flexibility index (Phi) is 6.50. The maximum atomic E-state index is 6.20. The average molecular weight is 552 g/mol. The SMILES string of the molecule is Clc1ccccc1COc1c(Br)cc(/C=N\Nc2nc3ccccc3s2)cc1Br. The number of anilines is 1. The molecule has 0 aliphatic rings. The summed E-state index contributed by atoms with van der Waals surface area (Å²) in [5, 5.41) is 5.73. The van der Waals surface area contributed by atoms with Gasteiger partial charge in [-0.15, -0.1) is 0 Å². The highest BCUT2D eigenvalue weighted by atomic mass is 79.9. The summed E-state index contributed by atoms with van der Waals surface area (Å²) in [7, 11) is 0. The first kappa shape index (κ1) is 20.3. The number of para-hydroxylation sites is 1. The van der Waals surface area contributed by atoms with Crippen LogP contribution >= 0.6 is 54.8 Å². The lowest BCUT2D eigenvalue weighted by atomic mass is 10.2. The van der Waals surface area contributed by atoms with E-state index in [1.54, 1.807) is 17.6 Å². The standard InChI is InChI=1S/C21H14Br2ClN3OS/c22-15-9-13(11-25-27-21-26-18-7-3-4-8-19(18)29-21)10-16(23)20(15)28-12-14-5-1-2-6-17(14)24/h1-11H,12H2,(H,26,27)/b25-11-. The molecule has 0 aliphatic carbocycles. The van der Waals surface area contributed by atoms with E-state index in [4.69, 9.17) is 16.3 Å². The van der Waals surface area contributed by atoms with Gasteiger partial charge in [0, 0.05) is 10.6 Å². The molecule has 0 bridgehead atoms. The third-order valence-electron chi connectivity index (χ3n) is 4.02. The summed E-state index contributed by atoms with van der Waals surface area (Å²) in [4.78, 5) is 4.50. The van der Waals surface area contributed by atoms with Crippen LogP contribution in [0.1, 0.15) is 11.1 Å². The van der Waals surface area contributed by atoms with Gasteiger partial charge in [0.25, 0.3) is 0 Å². The van der Waals surface area contributed by atoms with Crippen molar-refractivity contribution in [1.82, 2.24) is 4.98 Å². The van der Waals surface area contributed by atoms with Gasteiger partial charge in [-0.3, -0.25) is 5.43 Å². The van der Waals surface area contributed by atoms with Crippen LogP contribution in [0, 0.1) is 0 Å². The highest BCUT2D eigenvalue weighted by Crippen LogP contribution is 2.35. The van der Waals surface area contributed by atoms with Crippen LogP contribution in [-0.2, 0) is 6.61 Å². The molecule has 0 aliphatic heterocycles. The van der Waals surface area contributed by atoms with E-state index in [2.05, 4.69) is 47.4 Å². The minimum atomic E-state index is 0.378. The molecule has 0 unspecified atom stereocenters. The van der Waals surface area contributed by atoms with Gasteiger partial charge in [0.05, 0.1) is 25.4 Å². The molecule has 0 spiro atoms. The van der Waals surface area contributed by atoms with Crippen molar-refractivity contribution >= 4 is 76.4 Å². The van der Waals surface area contributed by atoms with E-state index in [-0.39, 0.29) is 0 Å². The largest absolute Gasteiger partial charge is 0.486 e. The molecule has 4 nitrogen and oxygen atoms in total. The molecule has 1 aromatic heterocycles. The van der Waals surface area contributed by atoms with Gasteiger partial charge in [-0.1, -0.05) is 53.3 Å². The number of nitrogens with zero attached hydrogens (tertiary/aromatic N) is 2. The van der Waals surface area contributed by atoms with E-state index in [0.29, 0.717) is 17.4 Å².